The van der Waals surface area contributed by atoms with Crippen LogP contribution < -0.4 is 0 Å². The number of aliphatic imine (C=N–C) groups is 1. The highest BCUT2D eigenvalue weighted by Gasteiger charge is 2.00. The Morgan fingerprint density at radius 3 is 2.79 bits per heavy atom. The number of rotatable bonds is 7. The van der Waals surface area contributed by atoms with Gasteiger partial charge >= 0.3 is 5.97 Å². The van der Waals surface area contributed by atoms with E-state index in [9.17, 15) is 9.59 Å². The average molecular weight is 195 g/mol. The Morgan fingerprint density at radius 2 is 2.14 bits per heavy atom. The van der Waals surface area contributed by atoms with Gasteiger partial charge in [0.25, 0.3) is 0 Å². The first kappa shape index (κ1) is 12.4. The number of nitrogens with zero attached hydrogens (tertiary/aromatic N) is 1. The fourth-order valence-electron chi connectivity index (χ4n) is 0.877. The fourth-order valence-corrected chi connectivity index (χ4v) is 0.877. The molecule has 0 N–H and O–H groups in total. The van der Waals surface area contributed by atoms with Crippen LogP contribution in [0.25, 0.3) is 0 Å². The second-order valence-electron chi connectivity index (χ2n) is 2.65. The molecule has 0 bridgehead atoms. The van der Waals surface area contributed by atoms with E-state index in [4.69, 9.17) is 6.42 Å². The molecular formula is C10H13NO3. The molecule has 0 amide bonds. The molecule has 0 aromatic rings. The van der Waals surface area contributed by atoms with E-state index in [0.29, 0.717) is 13.0 Å². The quantitative estimate of drug-likeness (QED) is 0.201. The van der Waals surface area contributed by atoms with Crippen molar-refractivity contribution in [2.24, 2.45) is 4.99 Å². The smallest absolute Gasteiger partial charge is 0.306 e. The lowest BCUT2D eigenvalue weighted by Gasteiger charge is -1.99. The number of isocyanates is 1. The van der Waals surface area contributed by atoms with Crippen LogP contribution in [0.15, 0.2) is 4.99 Å². The zero-order chi connectivity index (χ0) is 10.6. The van der Waals surface area contributed by atoms with Gasteiger partial charge in [0.15, 0.2) is 6.61 Å². The molecule has 0 spiro atoms. The van der Waals surface area contributed by atoms with Crippen LogP contribution in [0.3, 0.4) is 0 Å². The molecule has 14 heavy (non-hydrogen) atoms. The van der Waals surface area contributed by atoms with Gasteiger partial charge in [0.1, 0.15) is 0 Å². The van der Waals surface area contributed by atoms with Crippen molar-refractivity contribution >= 4 is 12.0 Å². The average Bonchev–Trinajstić information content (AvgIpc) is 2.20. The first-order valence-corrected chi connectivity index (χ1v) is 4.44. The fraction of sp³-hybridized carbons (Fsp3) is 0.600. The SMILES string of the molecule is C#CCOC(=O)CCCCCN=C=O. The number of carbonyl (C=O) groups excluding carboxylic acids is 2. The minimum atomic E-state index is -0.276. The zero-order valence-corrected chi connectivity index (χ0v) is 7.99. The summed E-state index contributed by atoms with van der Waals surface area (Å²) in [6.45, 7) is 0.511. The minimum absolute atomic E-state index is 0.0360. The Bertz CT molecular complexity index is 249. The van der Waals surface area contributed by atoms with Gasteiger partial charge in [-0.1, -0.05) is 12.3 Å². The van der Waals surface area contributed by atoms with Crippen LogP contribution in [-0.2, 0) is 14.3 Å². The monoisotopic (exact) mass is 195 g/mol. The predicted octanol–water partition coefficient (Wildman–Crippen LogP) is 1.06. The normalized spacial score (nSPS) is 8.50. The molecule has 0 saturated carbocycles. The van der Waals surface area contributed by atoms with Crippen LogP contribution in [-0.4, -0.2) is 25.2 Å². The van der Waals surface area contributed by atoms with Gasteiger partial charge < -0.3 is 4.74 Å². The lowest BCUT2D eigenvalue weighted by Crippen LogP contribution is -2.04. The number of esters is 1. The Balaban J connectivity index is 3.23. The molecule has 0 unspecified atom stereocenters. The highest BCUT2D eigenvalue weighted by molar-refractivity contribution is 5.69. The number of ether oxygens (including phenoxy) is 1. The van der Waals surface area contributed by atoms with E-state index in [1.807, 2.05) is 0 Å². The molecule has 4 heteroatoms. The summed E-state index contributed by atoms with van der Waals surface area (Å²) < 4.78 is 4.66. The third-order valence-electron chi connectivity index (χ3n) is 1.53. The van der Waals surface area contributed by atoms with Crippen molar-refractivity contribution in [2.75, 3.05) is 13.2 Å². The van der Waals surface area contributed by atoms with E-state index >= 15 is 0 Å². The van der Waals surface area contributed by atoms with Crippen LogP contribution in [0.5, 0.6) is 0 Å². The van der Waals surface area contributed by atoms with Crippen LogP contribution >= 0.6 is 0 Å². The first-order chi connectivity index (χ1) is 6.81. The Labute approximate surface area is 83.4 Å². The molecule has 0 aliphatic carbocycles. The van der Waals surface area contributed by atoms with E-state index in [-0.39, 0.29) is 12.6 Å². The summed E-state index contributed by atoms with van der Waals surface area (Å²) in [4.78, 5) is 24.0. The molecule has 76 valence electrons. The molecule has 0 atom stereocenters. The number of hydrogen-bond acceptors (Lipinski definition) is 4. The van der Waals surface area contributed by atoms with Gasteiger partial charge in [0.2, 0.25) is 6.08 Å². The van der Waals surface area contributed by atoms with Gasteiger partial charge in [0, 0.05) is 6.42 Å². The van der Waals surface area contributed by atoms with E-state index in [1.54, 1.807) is 0 Å². The van der Waals surface area contributed by atoms with E-state index < -0.39 is 0 Å². The predicted molar refractivity (Wildman–Crippen MR) is 51.2 cm³/mol. The van der Waals surface area contributed by atoms with Crippen molar-refractivity contribution in [3.8, 4) is 12.3 Å². The van der Waals surface area contributed by atoms with Crippen molar-refractivity contribution in [3.63, 3.8) is 0 Å². The largest absolute Gasteiger partial charge is 0.452 e. The molecule has 0 heterocycles. The van der Waals surface area contributed by atoms with Gasteiger partial charge in [-0.25, -0.2) is 9.79 Å². The molecule has 0 aromatic heterocycles. The molecule has 0 aliphatic heterocycles. The van der Waals surface area contributed by atoms with Crippen LogP contribution in [0.2, 0.25) is 0 Å². The van der Waals surface area contributed by atoms with Gasteiger partial charge in [0.05, 0.1) is 6.54 Å². The van der Waals surface area contributed by atoms with Gasteiger partial charge in [-0.05, 0) is 12.8 Å². The third kappa shape index (κ3) is 8.51. The molecule has 0 rings (SSSR count). The van der Waals surface area contributed by atoms with Gasteiger partial charge in [-0.3, -0.25) is 4.79 Å². The van der Waals surface area contributed by atoms with Crippen molar-refractivity contribution in [2.45, 2.75) is 25.7 Å². The highest BCUT2D eigenvalue weighted by atomic mass is 16.5. The molecular weight excluding hydrogens is 182 g/mol. The van der Waals surface area contributed by atoms with Crippen molar-refractivity contribution in [1.29, 1.82) is 0 Å². The van der Waals surface area contributed by atoms with Crippen LogP contribution in [0.4, 0.5) is 0 Å². The van der Waals surface area contributed by atoms with Crippen molar-refractivity contribution in [3.05, 3.63) is 0 Å². The van der Waals surface area contributed by atoms with Crippen LogP contribution in [0.1, 0.15) is 25.7 Å². The Kier molecular flexibility index (Phi) is 8.42. The lowest BCUT2D eigenvalue weighted by atomic mass is 10.2. The molecule has 4 nitrogen and oxygen atoms in total. The minimum Gasteiger partial charge on any atom is -0.452 e. The first-order valence-electron chi connectivity index (χ1n) is 4.44. The maximum Gasteiger partial charge on any atom is 0.306 e. The lowest BCUT2D eigenvalue weighted by molar-refractivity contribution is -0.142. The van der Waals surface area contributed by atoms with E-state index in [0.717, 1.165) is 19.3 Å². The van der Waals surface area contributed by atoms with Crippen LogP contribution in [0, 0.1) is 12.3 Å². The topological polar surface area (TPSA) is 55.7 Å². The summed E-state index contributed by atoms with van der Waals surface area (Å²) in [5, 5.41) is 0. The maximum atomic E-state index is 10.9. The van der Waals surface area contributed by atoms with Gasteiger partial charge in [-0.15, -0.1) is 6.42 Å². The van der Waals surface area contributed by atoms with E-state index in [1.165, 1.54) is 6.08 Å². The second kappa shape index (κ2) is 9.50. The molecule has 0 saturated heterocycles. The van der Waals surface area contributed by atoms with Crippen molar-refractivity contribution in [1.82, 2.24) is 0 Å². The van der Waals surface area contributed by atoms with E-state index in [2.05, 4.69) is 15.6 Å². The molecule has 0 radical (unpaired) electrons. The molecule has 0 fully saturated rings. The Hall–Kier alpha value is -1.59. The third-order valence-corrected chi connectivity index (χ3v) is 1.53. The standard InChI is InChI=1S/C10H13NO3/c1-2-8-14-10(13)6-4-3-5-7-11-9-12/h1H,3-8H2. The molecule has 0 aliphatic rings. The highest BCUT2D eigenvalue weighted by Crippen LogP contribution is 2.01. The number of hydrogen-bond donors (Lipinski definition) is 0. The number of carbonyl (C=O) groups is 1. The summed E-state index contributed by atoms with van der Waals surface area (Å²) in [6, 6.07) is 0. The van der Waals surface area contributed by atoms with Crippen molar-refractivity contribution < 1.29 is 14.3 Å². The van der Waals surface area contributed by atoms with Gasteiger partial charge in [-0.2, -0.15) is 0 Å². The summed E-state index contributed by atoms with van der Waals surface area (Å²) in [6.07, 6.45) is 9.10. The molecule has 0 aromatic carbocycles. The maximum absolute atomic E-state index is 10.9. The Morgan fingerprint density at radius 1 is 1.36 bits per heavy atom. The summed E-state index contributed by atoms with van der Waals surface area (Å²) in [5.41, 5.74) is 0. The zero-order valence-electron chi connectivity index (χ0n) is 7.99. The second-order valence-corrected chi connectivity index (χ2v) is 2.65. The number of terminal acetylenes is 1. The summed E-state index contributed by atoms with van der Waals surface area (Å²) in [5.74, 6) is 1.94. The summed E-state index contributed by atoms with van der Waals surface area (Å²) in [7, 11) is 0. The summed E-state index contributed by atoms with van der Waals surface area (Å²) >= 11 is 0. The number of unbranched alkanes of at least 4 members (excludes halogenated alkanes) is 2.